The van der Waals surface area contributed by atoms with Crippen LogP contribution in [0.4, 0.5) is 0 Å². The van der Waals surface area contributed by atoms with Crippen LogP contribution in [-0.2, 0) is 0 Å². The SMILES string of the molecule is [CH]=C(I)c1ccccc1. The van der Waals surface area contributed by atoms with Crippen molar-refractivity contribution in [2.75, 3.05) is 0 Å². The van der Waals surface area contributed by atoms with Gasteiger partial charge in [0.15, 0.2) is 0 Å². The molecule has 0 nitrogen and oxygen atoms in total. The van der Waals surface area contributed by atoms with Crippen molar-refractivity contribution in [1.29, 1.82) is 0 Å². The molecule has 0 atom stereocenters. The highest BCUT2D eigenvalue weighted by molar-refractivity contribution is 14.1. The molecule has 1 rings (SSSR count). The maximum atomic E-state index is 5.52. The molecule has 0 N–H and O–H groups in total. The summed E-state index contributed by atoms with van der Waals surface area (Å²) in [5, 5.41) is 0. The Hall–Kier alpha value is -0.310. The van der Waals surface area contributed by atoms with E-state index < -0.39 is 0 Å². The van der Waals surface area contributed by atoms with Crippen molar-refractivity contribution in [2.45, 2.75) is 0 Å². The Morgan fingerprint density at radius 1 is 1.22 bits per heavy atom. The highest BCUT2D eigenvalue weighted by Gasteiger charge is 1.88. The van der Waals surface area contributed by atoms with E-state index in [1.807, 2.05) is 30.3 Å². The van der Waals surface area contributed by atoms with Crippen LogP contribution in [0.2, 0.25) is 0 Å². The van der Waals surface area contributed by atoms with Gasteiger partial charge < -0.3 is 0 Å². The zero-order chi connectivity index (χ0) is 6.69. The minimum absolute atomic E-state index is 0.841. The van der Waals surface area contributed by atoms with E-state index in [0.717, 1.165) is 9.14 Å². The summed E-state index contributed by atoms with van der Waals surface area (Å²) in [5.41, 5.74) is 1.10. The molecule has 45 valence electrons. The van der Waals surface area contributed by atoms with Crippen LogP contribution in [0.15, 0.2) is 30.3 Å². The van der Waals surface area contributed by atoms with E-state index in [1.54, 1.807) is 0 Å². The van der Waals surface area contributed by atoms with Crippen LogP contribution in [0.1, 0.15) is 5.56 Å². The van der Waals surface area contributed by atoms with Crippen molar-refractivity contribution in [1.82, 2.24) is 0 Å². The lowest BCUT2D eigenvalue weighted by Crippen LogP contribution is -1.69. The van der Waals surface area contributed by atoms with Crippen LogP contribution in [0.3, 0.4) is 0 Å². The van der Waals surface area contributed by atoms with Gasteiger partial charge in [0.25, 0.3) is 0 Å². The standard InChI is InChI=1S/C8H6I/c1-7(9)8-5-3-2-4-6-8/h1-6H. The Balaban J connectivity index is 2.98. The lowest BCUT2D eigenvalue weighted by atomic mass is 10.2. The molecule has 0 unspecified atom stereocenters. The number of hydrogen-bond acceptors (Lipinski definition) is 0. The van der Waals surface area contributed by atoms with Crippen LogP contribution < -0.4 is 0 Å². The summed E-state index contributed by atoms with van der Waals surface area (Å²) in [7, 11) is 0. The van der Waals surface area contributed by atoms with Gasteiger partial charge in [0, 0.05) is 3.58 Å². The van der Waals surface area contributed by atoms with Crippen molar-refractivity contribution in [3.63, 3.8) is 0 Å². The first-order chi connectivity index (χ1) is 4.30. The van der Waals surface area contributed by atoms with Crippen molar-refractivity contribution in [2.24, 2.45) is 0 Å². The third-order valence-corrected chi connectivity index (χ3v) is 1.67. The van der Waals surface area contributed by atoms with Gasteiger partial charge in [-0.2, -0.15) is 0 Å². The fourth-order valence-corrected chi connectivity index (χ4v) is 0.957. The third-order valence-electron chi connectivity index (χ3n) is 1.05. The van der Waals surface area contributed by atoms with Gasteiger partial charge in [-0.15, -0.1) is 0 Å². The number of benzene rings is 1. The summed E-state index contributed by atoms with van der Waals surface area (Å²) in [5.74, 6) is 0. The molecule has 0 aliphatic rings. The Morgan fingerprint density at radius 2 is 1.78 bits per heavy atom. The molecule has 0 bridgehead atoms. The number of rotatable bonds is 1. The maximum Gasteiger partial charge on any atom is 0.0203 e. The van der Waals surface area contributed by atoms with Crippen molar-refractivity contribution in [3.05, 3.63) is 42.5 Å². The van der Waals surface area contributed by atoms with Crippen molar-refractivity contribution >= 4 is 26.2 Å². The quantitative estimate of drug-likeness (QED) is 0.649. The first-order valence-electron chi connectivity index (χ1n) is 2.64. The van der Waals surface area contributed by atoms with E-state index in [0.29, 0.717) is 0 Å². The smallest absolute Gasteiger partial charge is 0.0203 e. The van der Waals surface area contributed by atoms with Gasteiger partial charge >= 0.3 is 0 Å². The molecular weight excluding hydrogens is 223 g/mol. The van der Waals surface area contributed by atoms with Gasteiger partial charge in [0.2, 0.25) is 0 Å². The first-order valence-corrected chi connectivity index (χ1v) is 3.72. The second-order valence-electron chi connectivity index (χ2n) is 1.71. The molecule has 1 heteroatoms. The molecule has 0 fully saturated rings. The van der Waals surface area contributed by atoms with E-state index in [4.69, 9.17) is 6.58 Å². The second kappa shape index (κ2) is 3.01. The minimum atomic E-state index is 0.841. The van der Waals surface area contributed by atoms with E-state index in [9.17, 15) is 0 Å². The molecule has 0 aromatic heterocycles. The first kappa shape index (κ1) is 6.81. The van der Waals surface area contributed by atoms with Gasteiger partial charge in [0.05, 0.1) is 0 Å². The molecule has 9 heavy (non-hydrogen) atoms. The molecule has 1 aromatic rings. The van der Waals surface area contributed by atoms with Crippen LogP contribution >= 0.6 is 22.6 Å². The highest BCUT2D eigenvalue weighted by Crippen LogP contribution is 2.17. The van der Waals surface area contributed by atoms with Gasteiger partial charge in [0.1, 0.15) is 0 Å². The fraction of sp³-hybridized carbons (Fsp3) is 0. The topological polar surface area (TPSA) is 0 Å². The Kier molecular flexibility index (Phi) is 2.28. The molecule has 0 spiro atoms. The molecule has 0 amide bonds. The minimum Gasteiger partial charge on any atom is -0.0622 e. The monoisotopic (exact) mass is 229 g/mol. The highest BCUT2D eigenvalue weighted by atomic mass is 127. The molecule has 1 aromatic carbocycles. The molecule has 0 heterocycles. The Labute approximate surface area is 68.7 Å². The van der Waals surface area contributed by atoms with Crippen molar-refractivity contribution in [3.8, 4) is 0 Å². The summed E-state index contributed by atoms with van der Waals surface area (Å²) in [6, 6.07) is 9.90. The van der Waals surface area contributed by atoms with E-state index in [2.05, 4.69) is 22.6 Å². The van der Waals surface area contributed by atoms with Crippen LogP contribution in [0.25, 0.3) is 3.58 Å². The lowest BCUT2D eigenvalue weighted by Gasteiger charge is -1.92. The van der Waals surface area contributed by atoms with Crippen LogP contribution in [0.5, 0.6) is 0 Å². The van der Waals surface area contributed by atoms with E-state index in [-0.39, 0.29) is 0 Å². The fourth-order valence-electron chi connectivity index (χ4n) is 0.597. The number of halogens is 1. The Morgan fingerprint density at radius 3 is 2.11 bits per heavy atom. The summed E-state index contributed by atoms with van der Waals surface area (Å²) in [6.07, 6.45) is 0. The molecule has 0 aliphatic carbocycles. The molecular formula is C8H6I. The summed E-state index contributed by atoms with van der Waals surface area (Å²) >= 11 is 2.10. The zero-order valence-corrected chi connectivity index (χ0v) is 7.00. The Bertz CT molecular complexity index is 201. The van der Waals surface area contributed by atoms with Gasteiger partial charge in [-0.05, 0) is 34.7 Å². The van der Waals surface area contributed by atoms with E-state index in [1.165, 1.54) is 0 Å². The van der Waals surface area contributed by atoms with Crippen LogP contribution in [0, 0.1) is 6.58 Å². The average molecular weight is 229 g/mol. The average Bonchev–Trinajstić information content (AvgIpc) is 1.90. The molecule has 1 radical (unpaired) electrons. The maximum absolute atomic E-state index is 5.52. The predicted molar refractivity (Wildman–Crippen MR) is 48.2 cm³/mol. The normalized spacial score (nSPS) is 9.00. The predicted octanol–water partition coefficient (Wildman–Crippen LogP) is 2.90. The molecule has 0 saturated heterocycles. The largest absolute Gasteiger partial charge is 0.0622 e. The van der Waals surface area contributed by atoms with Gasteiger partial charge in [-0.3, -0.25) is 0 Å². The third kappa shape index (κ3) is 1.82. The summed E-state index contributed by atoms with van der Waals surface area (Å²) < 4.78 is 0.841. The second-order valence-corrected chi connectivity index (χ2v) is 2.88. The van der Waals surface area contributed by atoms with E-state index >= 15 is 0 Å². The summed E-state index contributed by atoms with van der Waals surface area (Å²) in [4.78, 5) is 0. The van der Waals surface area contributed by atoms with Gasteiger partial charge in [-0.25, -0.2) is 0 Å². The summed E-state index contributed by atoms with van der Waals surface area (Å²) in [6.45, 7) is 5.52. The lowest BCUT2D eigenvalue weighted by molar-refractivity contribution is 1.66. The zero-order valence-electron chi connectivity index (χ0n) is 4.84. The van der Waals surface area contributed by atoms with Gasteiger partial charge in [-0.1, -0.05) is 30.3 Å². The molecule has 0 aliphatic heterocycles. The van der Waals surface area contributed by atoms with Crippen LogP contribution in [-0.4, -0.2) is 0 Å². The number of hydrogen-bond donors (Lipinski definition) is 0. The molecule has 0 saturated carbocycles. The van der Waals surface area contributed by atoms with Crippen molar-refractivity contribution < 1.29 is 0 Å².